The maximum atomic E-state index is 13.0. The highest BCUT2D eigenvalue weighted by Gasteiger charge is 2.34. The van der Waals surface area contributed by atoms with Crippen molar-refractivity contribution in [3.8, 4) is 0 Å². The molecule has 0 radical (unpaired) electrons. The van der Waals surface area contributed by atoms with Gasteiger partial charge < -0.3 is 15.0 Å². The molecular formula is C22H24N4O3S2. The molecule has 0 bridgehead atoms. The van der Waals surface area contributed by atoms with E-state index in [0.29, 0.717) is 18.3 Å². The van der Waals surface area contributed by atoms with E-state index in [0.717, 1.165) is 58.1 Å². The summed E-state index contributed by atoms with van der Waals surface area (Å²) in [7, 11) is 0. The number of hydrogen-bond donors (Lipinski definition) is 1. The highest BCUT2D eigenvalue weighted by Crippen LogP contribution is 2.39. The maximum absolute atomic E-state index is 13.0. The quantitative estimate of drug-likeness (QED) is 0.579. The molecule has 1 saturated heterocycles. The van der Waals surface area contributed by atoms with Gasteiger partial charge in [0, 0.05) is 18.0 Å². The smallest absolute Gasteiger partial charge is 0.315 e. The zero-order valence-electron chi connectivity index (χ0n) is 17.3. The Morgan fingerprint density at radius 2 is 2.10 bits per heavy atom. The molecule has 3 heterocycles. The molecule has 1 aliphatic heterocycles. The average Bonchev–Trinajstić information content (AvgIpc) is 3.47. The number of nitrogens with one attached hydrogen (secondary N) is 1. The highest BCUT2D eigenvalue weighted by molar-refractivity contribution is 7.22. The van der Waals surface area contributed by atoms with Crippen LogP contribution < -0.4 is 10.2 Å². The minimum atomic E-state index is -0.305. The summed E-state index contributed by atoms with van der Waals surface area (Å²) in [5.41, 5.74) is 1.78. The van der Waals surface area contributed by atoms with Gasteiger partial charge in [0.1, 0.15) is 5.92 Å². The Kier molecular flexibility index (Phi) is 5.62. The molecule has 0 spiro atoms. The van der Waals surface area contributed by atoms with Gasteiger partial charge in [0.25, 0.3) is 0 Å². The zero-order valence-corrected chi connectivity index (χ0v) is 18.9. The topological polar surface area (TPSA) is 84.4 Å². The van der Waals surface area contributed by atoms with E-state index in [1.54, 1.807) is 11.3 Å². The molecule has 162 valence electrons. The number of esters is 1. The lowest BCUT2D eigenvalue weighted by Crippen LogP contribution is -2.40. The van der Waals surface area contributed by atoms with E-state index in [1.165, 1.54) is 11.3 Å². The van der Waals surface area contributed by atoms with Gasteiger partial charge in [-0.25, -0.2) is 9.97 Å². The minimum Gasteiger partial charge on any atom is -0.465 e. The van der Waals surface area contributed by atoms with Crippen molar-refractivity contribution in [1.82, 2.24) is 9.97 Å². The van der Waals surface area contributed by atoms with Crippen molar-refractivity contribution in [2.75, 3.05) is 29.9 Å². The summed E-state index contributed by atoms with van der Waals surface area (Å²) >= 11 is 3.15. The predicted octanol–water partition coefficient (Wildman–Crippen LogP) is 4.20. The Labute approximate surface area is 188 Å². The number of thiazole rings is 2. The summed E-state index contributed by atoms with van der Waals surface area (Å²) in [6, 6.07) is 8.12. The lowest BCUT2D eigenvalue weighted by atomic mass is 9.97. The highest BCUT2D eigenvalue weighted by atomic mass is 32.1. The summed E-state index contributed by atoms with van der Waals surface area (Å²) in [4.78, 5) is 37.8. The van der Waals surface area contributed by atoms with Crippen LogP contribution in [0.15, 0.2) is 24.3 Å². The number of rotatable bonds is 5. The van der Waals surface area contributed by atoms with E-state index >= 15 is 0 Å². The van der Waals surface area contributed by atoms with E-state index in [2.05, 4.69) is 21.3 Å². The van der Waals surface area contributed by atoms with Gasteiger partial charge in [-0.1, -0.05) is 23.5 Å². The Morgan fingerprint density at radius 1 is 1.23 bits per heavy atom. The standard InChI is InChI=1S/C22H24N4O3S2/c1-2-29-20(28)14-9-10-17-18(14)24-21(30-17)25-19(27)13-6-5-11-26(12-13)22-23-15-7-3-4-8-16(15)31-22/h3-4,7-8,13-14H,2,5-6,9-12H2,1H3,(H,24,25,27). The first kappa shape index (κ1) is 20.4. The van der Waals surface area contributed by atoms with E-state index in [1.807, 2.05) is 25.1 Å². The van der Waals surface area contributed by atoms with Crippen LogP contribution in [-0.4, -0.2) is 41.5 Å². The number of amides is 1. The first-order chi connectivity index (χ1) is 15.1. The number of nitrogens with zero attached hydrogens (tertiary/aromatic N) is 3. The molecule has 1 aromatic carbocycles. The van der Waals surface area contributed by atoms with E-state index in [9.17, 15) is 9.59 Å². The Morgan fingerprint density at radius 3 is 2.94 bits per heavy atom. The van der Waals surface area contributed by atoms with Gasteiger partial charge in [0.2, 0.25) is 5.91 Å². The molecule has 5 rings (SSSR count). The number of ether oxygens (including phenoxy) is 1. The molecule has 2 aromatic heterocycles. The van der Waals surface area contributed by atoms with E-state index < -0.39 is 0 Å². The third kappa shape index (κ3) is 4.04. The second-order valence-corrected chi connectivity index (χ2v) is 10.0. The molecule has 3 aromatic rings. The van der Waals surface area contributed by atoms with Crippen LogP contribution in [0, 0.1) is 5.92 Å². The van der Waals surface area contributed by atoms with Crippen molar-refractivity contribution >= 4 is 55.0 Å². The first-order valence-corrected chi connectivity index (χ1v) is 12.3. The third-order valence-corrected chi connectivity index (χ3v) is 8.01. The predicted molar refractivity (Wildman–Crippen MR) is 123 cm³/mol. The number of aromatic nitrogens is 2. The number of para-hydroxylation sites is 1. The number of aryl methyl sites for hydroxylation is 1. The number of piperidine rings is 1. The summed E-state index contributed by atoms with van der Waals surface area (Å²) in [6.07, 6.45) is 3.35. The summed E-state index contributed by atoms with van der Waals surface area (Å²) in [6.45, 7) is 3.74. The van der Waals surface area contributed by atoms with Gasteiger partial charge in [-0.05, 0) is 44.7 Å². The van der Waals surface area contributed by atoms with Crippen molar-refractivity contribution < 1.29 is 14.3 Å². The van der Waals surface area contributed by atoms with E-state index in [-0.39, 0.29) is 23.7 Å². The Balaban J connectivity index is 1.26. The normalized spacial score (nSPS) is 20.6. The van der Waals surface area contributed by atoms with Crippen molar-refractivity contribution in [3.05, 3.63) is 34.8 Å². The SMILES string of the molecule is CCOC(=O)C1CCc2sc(NC(=O)C3CCCN(c4nc5ccccc5s4)C3)nc21. The largest absolute Gasteiger partial charge is 0.465 e. The molecule has 7 nitrogen and oxygen atoms in total. The van der Waals surface area contributed by atoms with Crippen LogP contribution in [0.3, 0.4) is 0 Å². The lowest BCUT2D eigenvalue weighted by Gasteiger charge is -2.31. The molecule has 2 atom stereocenters. The maximum Gasteiger partial charge on any atom is 0.315 e. The fraction of sp³-hybridized carbons (Fsp3) is 0.455. The number of carbonyl (C=O) groups excluding carboxylic acids is 2. The molecule has 1 fully saturated rings. The van der Waals surface area contributed by atoms with Gasteiger partial charge in [0.05, 0.1) is 28.4 Å². The fourth-order valence-electron chi connectivity index (χ4n) is 4.32. The first-order valence-electron chi connectivity index (χ1n) is 10.7. The van der Waals surface area contributed by atoms with Crippen molar-refractivity contribution in [2.24, 2.45) is 5.92 Å². The van der Waals surface area contributed by atoms with Crippen LogP contribution >= 0.6 is 22.7 Å². The van der Waals surface area contributed by atoms with Crippen LogP contribution in [0.5, 0.6) is 0 Å². The molecule has 1 aliphatic carbocycles. The van der Waals surface area contributed by atoms with Gasteiger partial charge in [0.15, 0.2) is 10.3 Å². The molecule has 9 heteroatoms. The molecule has 2 aliphatic rings. The van der Waals surface area contributed by atoms with Crippen molar-refractivity contribution in [3.63, 3.8) is 0 Å². The molecule has 0 saturated carbocycles. The van der Waals surface area contributed by atoms with Crippen molar-refractivity contribution in [2.45, 2.75) is 38.5 Å². The van der Waals surface area contributed by atoms with Crippen molar-refractivity contribution in [1.29, 1.82) is 0 Å². The second-order valence-electron chi connectivity index (χ2n) is 7.91. The molecule has 31 heavy (non-hydrogen) atoms. The zero-order chi connectivity index (χ0) is 21.4. The van der Waals surface area contributed by atoms with Crippen LogP contribution in [0.1, 0.15) is 42.7 Å². The molecular weight excluding hydrogens is 432 g/mol. The van der Waals surface area contributed by atoms with Gasteiger partial charge >= 0.3 is 5.97 Å². The van der Waals surface area contributed by atoms with Crippen LogP contribution in [0.4, 0.5) is 10.3 Å². The Hall–Kier alpha value is -2.52. The Bertz CT molecular complexity index is 1090. The number of benzene rings is 1. The second kappa shape index (κ2) is 8.55. The molecule has 1 amide bonds. The van der Waals surface area contributed by atoms with Gasteiger partial charge in [-0.2, -0.15) is 0 Å². The molecule has 2 unspecified atom stereocenters. The monoisotopic (exact) mass is 456 g/mol. The van der Waals surface area contributed by atoms with Crippen LogP contribution in [-0.2, 0) is 20.7 Å². The van der Waals surface area contributed by atoms with Crippen LogP contribution in [0.25, 0.3) is 10.2 Å². The van der Waals surface area contributed by atoms with Gasteiger partial charge in [-0.15, -0.1) is 11.3 Å². The van der Waals surface area contributed by atoms with E-state index in [4.69, 9.17) is 9.72 Å². The minimum absolute atomic E-state index is 0.00841. The number of fused-ring (bicyclic) bond motifs is 2. The fourth-order valence-corrected chi connectivity index (χ4v) is 6.36. The summed E-state index contributed by atoms with van der Waals surface area (Å²) in [5.74, 6) is -0.643. The third-order valence-electron chi connectivity index (χ3n) is 5.86. The lowest BCUT2D eigenvalue weighted by molar-refractivity contribution is -0.145. The average molecular weight is 457 g/mol. The summed E-state index contributed by atoms with van der Waals surface area (Å²) < 4.78 is 6.34. The number of hydrogen-bond acceptors (Lipinski definition) is 8. The molecule has 1 N–H and O–H groups in total. The van der Waals surface area contributed by atoms with Crippen LogP contribution in [0.2, 0.25) is 0 Å². The summed E-state index contributed by atoms with van der Waals surface area (Å²) in [5, 5.41) is 4.56. The van der Waals surface area contributed by atoms with Gasteiger partial charge in [-0.3, -0.25) is 9.59 Å². The number of carbonyl (C=O) groups is 2. The number of anilines is 2.